The number of hydrogen-bond acceptors (Lipinski definition) is 2. The number of amides is 1. The molecule has 0 radical (unpaired) electrons. The topological polar surface area (TPSA) is 41.5 Å². The summed E-state index contributed by atoms with van der Waals surface area (Å²) in [6.45, 7) is 4.16. The summed E-state index contributed by atoms with van der Waals surface area (Å²) in [5.41, 5.74) is 8.35. The minimum absolute atomic E-state index is 0.0412. The number of carbonyl (C=O) groups is 1. The molecule has 0 bridgehead atoms. The molecule has 3 nitrogen and oxygen atoms in total. The van der Waals surface area contributed by atoms with Gasteiger partial charge in [-0.3, -0.25) is 4.79 Å². The van der Waals surface area contributed by atoms with Crippen LogP contribution in [0.15, 0.2) is 90.0 Å². The van der Waals surface area contributed by atoms with Crippen LogP contribution in [0.4, 0.5) is 0 Å². The van der Waals surface area contributed by atoms with E-state index in [1.165, 1.54) is 22.3 Å². The molecule has 150 valence electrons. The van der Waals surface area contributed by atoms with Crippen molar-refractivity contribution in [3.8, 4) is 0 Å². The Morgan fingerprint density at radius 1 is 0.900 bits per heavy atom. The number of nitrogens with one attached hydrogen (secondary N) is 1. The van der Waals surface area contributed by atoms with Gasteiger partial charge in [0.05, 0.1) is 5.92 Å². The summed E-state index contributed by atoms with van der Waals surface area (Å²) in [6.07, 6.45) is 6.19. The number of hydrazone groups is 1. The molecule has 4 rings (SSSR count). The number of carbonyl (C=O) groups excluding carboxylic acids is 1. The van der Waals surface area contributed by atoms with Gasteiger partial charge >= 0.3 is 0 Å². The lowest BCUT2D eigenvalue weighted by Crippen LogP contribution is -2.25. The van der Waals surface area contributed by atoms with E-state index in [0.717, 1.165) is 12.0 Å². The molecule has 1 saturated carbocycles. The fourth-order valence-corrected chi connectivity index (χ4v) is 4.03. The molecule has 1 atom stereocenters. The van der Waals surface area contributed by atoms with Gasteiger partial charge in [-0.15, -0.1) is 0 Å². The average molecular weight is 395 g/mol. The molecular formula is C27H26N2O. The van der Waals surface area contributed by atoms with Crippen LogP contribution in [0.25, 0.3) is 6.08 Å². The molecule has 0 saturated heterocycles. The van der Waals surface area contributed by atoms with Crippen LogP contribution in [0, 0.1) is 19.8 Å². The number of rotatable bonds is 6. The van der Waals surface area contributed by atoms with Gasteiger partial charge in [-0.05, 0) is 43.0 Å². The summed E-state index contributed by atoms with van der Waals surface area (Å²) < 4.78 is 0. The molecular weight excluding hydrogens is 368 g/mol. The minimum Gasteiger partial charge on any atom is -0.273 e. The van der Waals surface area contributed by atoms with Crippen LogP contribution in [0.2, 0.25) is 0 Å². The highest BCUT2D eigenvalue weighted by molar-refractivity contribution is 5.87. The van der Waals surface area contributed by atoms with Crippen molar-refractivity contribution in [2.75, 3.05) is 0 Å². The van der Waals surface area contributed by atoms with Crippen LogP contribution in [0.5, 0.6) is 0 Å². The quantitative estimate of drug-likeness (QED) is 0.440. The molecule has 0 heterocycles. The fraction of sp³-hybridized carbons (Fsp3) is 0.185. The Bertz CT molecular complexity index is 1020. The van der Waals surface area contributed by atoms with Crippen LogP contribution >= 0.6 is 0 Å². The molecule has 1 N–H and O–H groups in total. The Morgan fingerprint density at radius 3 is 2.03 bits per heavy atom. The summed E-state index contributed by atoms with van der Waals surface area (Å²) >= 11 is 0. The maximum absolute atomic E-state index is 12.9. The zero-order valence-corrected chi connectivity index (χ0v) is 17.4. The summed E-state index contributed by atoms with van der Waals surface area (Å²) in [4.78, 5) is 12.9. The number of aryl methyl sites for hydroxylation is 2. The number of benzene rings is 3. The zero-order valence-electron chi connectivity index (χ0n) is 17.4. The normalized spacial score (nSPS) is 17.3. The SMILES string of the molecule is Cc1ccc(C2(c3ccc(C)cc3)CC2C(=O)N/N=C/C=C/c2ccccc2)cc1. The monoisotopic (exact) mass is 394 g/mol. The fourth-order valence-electron chi connectivity index (χ4n) is 4.03. The molecule has 3 heteroatoms. The molecule has 1 unspecified atom stereocenters. The van der Waals surface area contributed by atoms with E-state index in [9.17, 15) is 4.79 Å². The van der Waals surface area contributed by atoms with Crippen molar-refractivity contribution in [2.24, 2.45) is 11.0 Å². The molecule has 30 heavy (non-hydrogen) atoms. The van der Waals surface area contributed by atoms with Crippen molar-refractivity contribution in [1.29, 1.82) is 0 Å². The van der Waals surface area contributed by atoms with E-state index < -0.39 is 0 Å². The van der Waals surface area contributed by atoms with E-state index in [-0.39, 0.29) is 17.2 Å². The van der Waals surface area contributed by atoms with Gasteiger partial charge in [0.1, 0.15) is 0 Å². The van der Waals surface area contributed by atoms with E-state index in [1.807, 2.05) is 42.5 Å². The molecule has 3 aromatic rings. The van der Waals surface area contributed by atoms with Gasteiger partial charge in [0.25, 0.3) is 0 Å². The predicted molar refractivity (Wildman–Crippen MR) is 123 cm³/mol. The van der Waals surface area contributed by atoms with Crippen LogP contribution < -0.4 is 5.43 Å². The number of hydrogen-bond donors (Lipinski definition) is 1. The maximum Gasteiger partial charge on any atom is 0.244 e. The van der Waals surface area contributed by atoms with Gasteiger partial charge < -0.3 is 0 Å². The summed E-state index contributed by atoms with van der Waals surface area (Å²) in [5.74, 6) is -0.168. The summed E-state index contributed by atoms with van der Waals surface area (Å²) in [7, 11) is 0. The molecule has 0 aliphatic heterocycles. The maximum atomic E-state index is 12.9. The average Bonchev–Trinajstić information content (AvgIpc) is 3.52. The zero-order chi connectivity index (χ0) is 21.0. The highest BCUT2D eigenvalue weighted by Gasteiger charge is 2.60. The first-order valence-electron chi connectivity index (χ1n) is 10.3. The molecule has 1 aliphatic carbocycles. The highest BCUT2D eigenvalue weighted by atomic mass is 16.2. The molecule has 0 aromatic heterocycles. The largest absolute Gasteiger partial charge is 0.273 e. The number of nitrogens with zero attached hydrogens (tertiary/aromatic N) is 1. The smallest absolute Gasteiger partial charge is 0.244 e. The van der Waals surface area contributed by atoms with Gasteiger partial charge in [0, 0.05) is 11.6 Å². The second kappa shape index (κ2) is 8.50. The molecule has 1 fully saturated rings. The van der Waals surface area contributed by atoms with E-state index in [4.69, 9.17) is 0 Å². The standard InChI is InChI=1S/C27H26N2O/c1-20-10-14-23(15-11-20)27(24-16-12-21(2)13-17-24)19-25(27)26(30)29-28-18-6-9-22-7-4-3-5-8-22/h3-18,25H,19H2,1-2H3,(H,29,30)/b9-6+,28-18+. The lowest BCUT2D eigenvalue weighted by Gasteiger charge is -2.19. The lowest BCUT2D eigenvalue weighted by molar-refractivity contribution is -0.122. The van der Waals surface area contributed by atoms with Gasteiger partial charge in [-0.1, -0.05) is 96.1 Å². The van der Waals surface area contributed by atoms with Crippen molar-refractivity contribution in [2.45, 2.75) is 25.7 Å². The Labute approximate surface area is 178 Å². The third-order valence-corrected chi connectivity index (χ3v) is 5.83. The predicted octanol–water partition coefficient (Wildman–Crippen LogP) is 5.42. The van der Waals surface area contributed by atoms with E-state index >= 15 is 0 Å². The van der Waals surface area contributed by atoms with Gasteiger partial charge in [-0.2, -0.15) is 5.10 Å². The first-order valence-corrected chi connectivity index (χ1v) is 10.3. The third kappa shape index (κ3) is 4.11. The van der Waals surface area contributed by atoms with Crippen LogP contribution in [0.1, 0.15) is 34.2 Å². The lowest BCUT2D eigenvalue weighted by atomic mass is 9.85. The van der Waals surface area contributed by atoms with Gasteiger partial charge in [-0.25, -0.2) is 5.43 Å². The van der Waals surface area contributed by atoms with Crippen molar-refractivity contribution in [3.05, 3.63) is 113 Å². The minimum atomic E-state index is -0.277. The first-order chi connectivity index (χ1) is 14.6. The van der Waals surface area contributed by atoms with E-state index in [1.54, 1.807) is 6.21 Å². The molecule has 1 aliphatic rings. The Balaban J connectivity index is 1.49. The Kier molecular flexibility index (Phi) is 5.62. The highest BCUT2D eigenvalue weighted by Crippen LogP contribution is 2.59. The van der Waals surface area contributed by atoms with Crippen LogP contribution in [0.3, 0.4) is 0 Å². The van der Waals surface area contributed by atoms with Crippen molar-refractivity contribution in [1.82, 2.24) is 5.43 Å². The van der Waals surface area contributed by atoms with E-state index in [0.29, 0.717) is 0 Å². The van der Waals surface area contributed by atoms with E-state index in [2.05, 4.69) is 72.9 Å². The third-order valence-electron chi connectivity index (χ3n) is 5.83. The number of allylic oxidation sites excluding steroid dienone is 1. The molecule has 3 aromatic carbocycles. The Hall–Kier alpha value is -3.46. The van der Waals surface area contributed by atoms with Crippen LogP contribution in [-0.2, 0) is 10.2 Å². The molecule has 0 spiro atoms. The van der Waals surface area contributed by atoms with Crippen molar-refractivity contribution in [3.63, 3.8) is 0 Å². The van der Waals surface area contributed by atoms with Crippen LogP contribution in [-0.4, -0.2) is 12.1 Å². The second-order valence-electron chi connectivity index (χ2n) is 7.98. The first kappa shape index (κ1) is 19.8. The Morgan fingerprint density at radius 2 is 1.47 bits per heavy atom. The van der Waals surface area contributed by atoms with Gasteiger partial charge in [0.15, 0.2) is 0 Å². The molecule has 1 amide bonds. The summed E-state index contributed by atoms with van der Waals surface area (Å²) in [5, 5.41) is 4.12. The van der Waals surface area contributed by atoms with Gasteiger partial charge in [0.2, 0.25) is 5.91 Å². The second-order valence-corrected chi connectivity index (χ2v) is 7.98. The van der Waals surface area contributed by atoms with Crippen molar-refractivity contribution >= 4 is 18.2 Å². The van der Waals surface area contributed by atoms with Crippen molar-refractivity contribution < 1.29 is 4.79 Å². The summed E-state index contributed by atoms with van der Waals surface area (Å²) in [6, 6.07) is 27.0.